The van der Waals surface area contributed by atoms with Gasteiger partial charge in [0.05, 0.1) is 0 Å². The molecule has 1 unspecified atom stereocenters. The molecule has 0 aromatic rings. The van der Waals surface area contributed by atoms with Crippen molar-refractivity contribution in [1.82, 2.24) is 0 Å². The summed E-state index contributed by atoms with van der Waals surface area (Å²) in [5.74, 6) is 2.91. The van der Waals surface area contributed by atoms with Crippen molar-refractivity contribution in [2.75, 3.05) is 18.1 Å². The third-order valence-corrected chi connectivity index (χ3v) is 2.77. The number of thioether (sulfide) groups is 1. The van der Waals surface area contributed by atoms with Crippen LogP contribution in [-0.4, -0.2) is 18.1 Å². The van der Waals surface area contributed by atoms with Crippen LogP contribution < -0.4 is 0 Å². The van der Waals surface area contributed by atoms with E-state index < -0.39 is 0 Å². The van der Waals surface area contributed by atoms with E-state index in [1.165, 1.54) is 12.2 Å². The van der Waals surface area contributed by atoms with Crippen molar-refractivity contribution in [2.24, 2.45) is 11.0 Å². The maximum atomic E-state index is 7.97. The number of hydrogen-bond acceptors (Lipinski definition) is 2. The molecule has 0 aliphatic rings. The first-order valence-electron chi connectivity index (χ1n) is 3.89. The molecular formula is C7H15N3S. The molecule has 0 aliphatic carbocycles. The molecule has 0 saturated heterocycles. The molecule has 0 radical (unpaired) electrons. The first-order chi connectivity index (χ1) is 5.31. The predicted octanol–water partition coefficient (Wildman–Crippen LogP) is 3.08. The fraction of sp³-hybridized carbons (Fsp3) is 1.00. The molecule has 0 aromatic carbocycles. The van der Waals surface area contributed by atoms with Crippen molar-refractivity contribution in [1.29, 1.82) is 0 Å². The fourth-order valence-corrected chi connectivity index (χ4v) is 1.57. The fourth-order valence-electron chi connectivity index (χ4n) is 0.552. The average molecular weight is 173 g/mol. The minimum absolute atomic E-state index is 0.623. The van der Waals surface area contributed by atoms with Crippen LogP contribution in [0.5, 0.6) is 0 Å². The highest BCUT2D eigenvalue weighted by Gasteiger charge is 1.96. The molecule has 0 rings (SSSR count). The van der Waals surface area contributed by atoms with Gasteiger partial charge in [0.2, 0.25) is 0 Å². The summed E-state index contributed by atoms with van der Waals surface area (Å²) in [6.45, 7) is 5.05. The molecule has 0 bridgehead atoms. The molecule has 0 N–H and O–H groups in total. The van der Waals surface area contributed by atoms with Crippen LogP contribution in [0.1, 0.15) is 20.3 Å². The van der Waals surface area contributed by atoms with Crippen LogP contribution in [0.2, 0.25) is 0 Å². The van der Waals surface area contributed by atoms with Crippen molar-refractivity contribution in [3.05, 3.63) is 10.4 Å². The van der Waals surface area contributed by atoms with Gasteiger partial charge in [0.1, 0.15) is 0 Å². The lowest BCUT2D eigenvalue weighted by Crippen LogP contribution is -1.97. The van der Waals surface area contributed by atoms with Gasteiger partial charge in [-0.1, -0.05) is 25.4 Å². The molecule has 0 spiro atoms. The van der Waals surface area contributed by atoms with E-state index in [0.717, 1.165) is 11.7 Å². The number of rotatable bonds is 6. The van der Waals surface area contributed by atoms with E-state index in [9.17, 15) is 0 Å². The van der Waals surface area contributed by atoms with E-state index in [-0.39, 0.29) is 0 Å². The third-order valence-electron chi connectivity index (χ3n) is 1.50. The second-order valence-corrected chi connectivity index (χ2v) is 3.69. The van der Waals surface area contributed by atoms with Crippen molar-refractivity contribution < 1.29 is 0 Å². The Hall–Kier alpha value is -0.340. The first kappa shape index (κ1) is 10.7. The monoisotopic (exact) mass is 173 g/mol. The Balaban J connectivity index is 3.07. The second-order valence-electron chi connectivity index (χ2n) is 2.54. The largest absolute Gasteiger partial charge is 0.162 e. The van der Waals surface area contributed by atoms with E-state index in [1.807, 2.05) is 11.8 Å². The van der Waals surface area contributed by atoms with E-state index in [1.54, 1.807) is 0 Å². The Labute approximate surface area is 72.2 Å². The Bertz CT molecular complexity index is 132. The van der Waals surface area contributed by atoms with Gasteiger partial charge in [-0.25, -0.2) is 0 Å². The van der Waals surface area contributed by atoms with Crippen molar-refractivity contribution >= 4 is 11.8 Å². The average Bonchev–Trinajstić information content (AvgIpc) is 2.04. The summed E-state index contributed by atoms with van der Waals surface area (Å²) in [6.07, 6.45) is 1.23. The van der Waals surface area contributed by atoms with Crippen molar-refractivity contribution in [3.8, 4) is 0 Å². The molecular weight excluding hydrogens is 158 g/mol. The topological polar surface area (TPSA) is 48.8 Å². The van der Waals surface area contributed by atoms with Gasteiger partial charge in [-0.15, -0.1) is 0 Å². The molecule has 0 heterocycles. The number of nitrogens with zero attached hydrogens (tertiary/aromatic N) is 3. The van der Waals surface area contributed by atoms with Gasteiger partial charge < -0.3 is 0 Å². The van der Waals surface area contributed by atoms with Crippen molar-refractivity contribution in [2.45, 2.75) is 20.3 Å². The van der Waals surface area contributed by atoms with E-state index in [0.29, 0.717) is 6.54 Å². The molecule has 64 valence electrons. The van der Waals surface area contributed by atoms with E-state index in [4.69, 9.17) is 5.53 Å². The Morgan fingerprint density at radius 2 is 2.36 bits per heavy atom. The van der Waals surface area contributed by atoms with E-state index in [2.05, 4.69) is 23.9 Å². The maximum Gasteiger partial charge on any atom is 0.0348 e. The summed E-state index contributed by atoms with van der Waals surface area (Å²) < 4.78 is 0. The van der Waals surface area contributed by atoms with Gasteiger partial charge in [0, 0.05) is 11.5 Å². The van der Waals surface area contributed by atoms with Crippen LogP contribution in [0.15, 0.2) is 5.11 Å². The smallest absolute Gasteiger partial charge is 0.0348 e. The Kier molecular flexibility index (Phi) is 7.52. The van der Waals surface area contributed by atoms with Gasteiger partial charge in [-0.2, -0.15) is 11.8 Å². The summed E-state index contributed by atoms with van der Waals surface area (Å²) in [6, 6.07) is 0. The normalized spacial score (nSPS) is 12.2. The highest BCUT2D eigenvalue weighted by molar-refractivity contribution is 7.99. The summed E-state index contributed by atoms with van der Waals surface area (Å²) >= 11 is 1.86. The molecule has 4 heteroatoms. The molecule has 0 fully saturated rings. The summed E-state index contributed by atoms with van der Waals surface area (Å²) in [7, 11) is 0. The summed E-state index contributed by atoms with van der Waals surface area (Å²) in [5.41, 5.74) is 7.97. The zero-order valence-corrected chi connectivity index (χ0v) is 7.97. The molecule has 0 aliphatic heterocycles. The number of hydrogen-bond donors (Lipinski definition) is 0. The zero-order valence-electron chi connectivity index (χ0n) is 7.16. The molecule has 3 nitrogen and oxygen atoms in total. The highest BCUT2D eigenvalue weighted by atomic mass is 32.2. The molecule has 1 atom stereocenters. The van der Waals surface area contributed by atoms with Crippen LogP contribution in [0, 0.1) is 5.92 Å². The summed E-state index contributed by atoms with van der Waals surface area (Å²) in [5, 5.41) is 3.45. The molecule has 0 amide bonds. The van der Waals surface area contributed by atoms with Gasteiger partial charge in [0.15, 0.2) is 0 Å². The molecule has 11 heavy (non-hydrogen) atoms. The number of azide groups is 1. The van der Waals surface area contributed by atoms with Gasteiger partial charge in [0.25, 0.3) is 0 Å². The minimum Gasteiger partial charge on any atom is -0.162 e. The van der Waals surface area contributed by atoms with Gasteiger partial charge >= 0.3 is 0 Å². The predicted molar refractivity (Wildman–Crippen MR) is 50.8 cm³/mol. The highest BCUT2D eigenvalue weighted by Crippen LogP contribution is 2.10. The van der Waals surface area contributed by atoms with Crippen LogP contribution >= 0.6 is 11.8 Å². The van der Waals surface area contributed by atoms with Crippen LogP contribution in [0.3, 0.4) is 0 Å². The zero-order chi connectivity index (χ0) is 8.53. The lowest BCUT2D eigenvalue weighted by atomic mass is 10.2. The van der Waals surface area contributed by atoms with Crippen LogP contribution in [0.25, 0.3) is 10.4 Å². The first-order valence-corrected chi connectivity index (χ1v) is 5.05. The standard InChI is InChI=1S/C7H15N3S/c1-3-7(2)6-11-5-4-9-10-8/h7H,3-6H2,1-2H3. The van der Waals surface area contributed by atoms with Gasteiger partial charge in [-0.05, 0) is 23.0 Å². The molecule has 0 saturated carbocycles. The third kappa shape index (κ3) is 7.56. The Morgan fingerprint density at radius 1 is 1.64 bits per heavy atom. The summed E-state index contributed by atoms with van der Waals surface area (Å²) in [4.78, 5) is 2.68. The maximum absolute atomic E-state index is 7.97. The second kappa shape index (κ2) is 7.76. The lowest BCUT2D eigenvalue weighted by molar-refractivity contribution is 0.637. The quantitative estimate of drug-likeness (QED) is 0.263. The SMILES string of the molecule is CCC(C)CSCCN=[N+]=[N-]. The lowest BCUT2D eigenvalue weighted by Gasteiger charge is -2.05. The molecule has 0 aromatic heterocycles. The Morgan fingerprint density at radius 3 is 2.91 bits per heavy atom. The van der Waals surface area contributed by atoms with Crippen molar-refractivity contribution in [3.63, 3.8) is 0 Å². The van der Waals surface area contributed by atoms with Gasteiger partial charge in [-0.3, -0.25) is 0 Å². The van der Waals surface area contributed by atoms with Crippen LogP contribution in [-0.2, 0) is 0 Å². The van der Waals surface area contributed by atoms with Crippen LogP contribution in [0.4, 0.5) is 0 Å². The van der Waals surface area contributed by atoms with E-state index >= 15 is 0 Å². The minimum atomic E-state index is 0.623.